The van der Waals surface area contributed by atoms with E-state index in [4.69, 9.17) is 0 Å². The molecule has 1 heterocycles. The molecule has 0 bridgehead atoms. The molecule has 0 saturated heterocycles. The molecule has 1 aliphatic carbocycles. The summed E-state index contributed by atoms with van der Waals surface area (Å²) in [5, 5.41) is 14.3. The summed E-state index contributed by atoms with van der Waals surface area (Å²) in [6.07, 6.45) is 2.14. The minimum Gasteiger partial charge on any atom is -0.390 e. The molecule has 0 spiro atoms. The van der Waals surface area contributed by atoms with Crippen LogP contribution in [-0.2, 0) is 6.61 Å². The molecule has 4 nitrogen and oxygen atoms in total. The maximum Gasteiger partial charge on any atom is 0.278 e. The molecule has 2 aromatic rings. The average molecular weight is 326 g/mol. The Kier molecular flexibility index (Phi) is 4.59. The minimum atomic E-state index is -0.119. The Morgan fingerprint density at radius 3 is 2.54 bits per heavy atom. The van der Waals surface area contributed by atoms with Gasteiger partial charge >= 0.3 is 0 Å². The molecule has 0 aliphatic heterocycles. The topological polar surface area (TPSA) is 55.1 Å². The Morgan fingerprint density at radius 2 is 1.96 bits per heavy atom. The number of nitrogens with zero attached hydrogens (tertiary/aromatic N) is 2. The van der Waals surface area contributed by atoms with Gasteiger partial charge < -0.3 is 5.11 Å². The number of aliphatic hydroxyl groups is 1. The summed E-state index contributed by atoms with van der Waals surface area (Å²) in [6, 6.07) is 7.58. The van der Waals surface area contributed by atoms with Gasteiger partial charge in [0.05, 0.1) is 18.0 Å². The molecule has 128 valence electrons. The van der Waals surface area contributed by atoms with Crippen molar-refractivity contribution in [1.29, 1.82) is 0 Å². The van der Waals surface area contributed by atoms with Crippen molar-refractivity contribution in [1.82, 2.24) is 9.78 Å². The number of aryl methyl sites for hydroxylation is 1. The maximum atomic E-state index is 13.1. The van der Waals surface area contributed by atoms with Gasteiger partial charge in [0.1, 0.15) is 0 Å². The standard InChI is InChI=1S/C20H26N2O2/c1-12(2)16-10-7-14(4)18-17(11-23)21-22(19(16)18)20(24)15-8-5-13(3)6-9-15/h5-6,8-9,12,14,16,23H,7,10-11H2,1-4H3/t14-,16+/m1/s1. The van der Waals surface area contributed by atoms with Crippen LogP contribution in [0.15, 0.2) is 24.3 Å². The summed E-state index contributed by atoms with van der Waals surface area (Å²) in [6.45, 7) is 8.43. The molecule has 0 unspecified atom stereocenters. The van der Waals surface area contributed by atoms with Gasteiger partial charge in [0.15, 0.2) is 0 Å². The third-order valence-electron chi connectivity index (χ3n) is 5.24. The highest BCUT2D eigenvalue weighted by molar-refractivity contribution is 5.96. The zero-order chi connectivity index (χ0) is 17.4. The van der Waals surface area contributed by atoms with Gasteiger partial charge in [-0.3, -0.25) is 4.79 Å². The summed E-state index contributed by atoms with van der Waals surface area (Å²) in [5.41, 5.74) is 4.51. The van der Waals surface area contributed by atoms with Gasteiger partial charge in [-0.1, -0.05) is 38.5 Å². The first kappa shape index (κ1) is 16.9. The van der Waals surface area contributed by atoms with Crippen LogP contribution in [0.3, 0.4) is 0 Å². The van der Waals surface area contributed by atoms with Gasteiger partial charge in [0, 0.05) is 17.0 Å². The molecule has 1 aromatic carbocycles. The molecule has 1 aliphatic rings. The molecule has 24 heavy (non-hydrogen) atoms. The summed E-state index contributed by atoms with van der Waals surface area (Å²) in [5.74, 6) is 0.963. The van der Waals surface area contributed by atoms with Crippen LogP contribution in [-0.4, -0.2) is 20.8 Å². The van der Waals surface area contributed by atoms with Crippen LogP contribution in [0, 0.1) is 12.8 Å². The number of benzene rings is 1. The lowest BCUT2D eigenvalue weighted by Gasteiger charge is -2.30. The first-order valence-electron chi connectivity index (χ1n) is 8.78. The zero-order valence-corrected chi connectivity index (χ0v) is 14.9. The van der Waals surface area contributed by atoms with E-state index >= 15 is 0 Å². The summed E-state index contributed by atoms with van der Waals surface area (Å²) >= 11 is 0. The molecule has 3 rings (SSSR count). The van der Waals surface area contributed by atoms with E-state index < -0.39 is 0 Å². The number of carbonyl (C=O) groups excluding carboxylic acids is 1. The van der Waals surface area contributed by atoms with Gasteiger partial charge in [-0.25, -0.2) is 0 Å². The highest BCUT2D eigenvalue weighted by Gasteiger charge is 2.35. The molecule has 0 saturated carbocycles. The first-order chi connectivity index (χ1) is 11.4. The zero-order valence-electron chi connectivity index (χ0n) is 14.9. The lowest BCUT2D eigenvalue weighted by molar-refractivity contribution is 0.0936. The fourth-order valence-electron chi connectivity index (χ4n) is 3.83. The second-order valence-electron chi connectivity index (χ2n) is 7.32. The second kappa shape index (κ2) is 6.52. The van der Waals surface area contributed by atoms with Crippen LogP contribution < -0.4 is 0 Å². The molecule has 1 aromatic heterocycles. The summed E-state index contributed by atoms with van der Waals surface area (Å²) in [4.78, 5) is 13.1. The Hall–Kier alpha value is -1.94. The summed E-state index contributed by atoms with van der Waals surface area (Å²) < 4.78 is 1.56. The van der Waals surface area contributed by atoms with Crippen LogP contribution in [0.4, 0.5) is 0 Å². The van der Waals surface area contributed by atoms with Crippen molar-refractivity contribution in [3.05, 3.63) is 52.3 Å². The van der Waals surface area contributed by atoms with E-state index in [1.165, 1.54) is 0 Å². The molecule has 4 heteroatoms. The van der Waals surface area contributed by atoms with E-state index in [0.717, 1.165) is 29.7 Å². The van der Waals surface area contributed by atoms with Crippen LogP contribution in [0.5, 0.6) is 0 Å². The Labute approximate surface area is 143 Å². The van der Waals surface area contributed by atoms with E-state index in [-0.39, 0.29) is 12.5 Å². The Morgan fingerprint density at radius 1 is 1.29 bits per heavy atom. The van der Waals surface area contributed by atoms with Crippen molar-refractivity contribution in [2.45, 2.75) is 59.0 Å². The number of aliphatic hydroxyl groups excluding tert-OH is 1. The maximum absolute atomic E-state index is 13.1. The largest absolute Gasteiger partial charge is 0.390 e. The SMILES string of the molecule is Cc1ccc(C(=O)n2nc(CO)c3c2[C@H](C(C)C)CC[C@H]3C)cc1. The third-order valence-corrected chi connectivity index (χ3v) is 5.24. The van der Waals surface area contributed by atoms with Gasteiger partial charge in [-0.2, -0.15) is 9.78 Å². The van der Waals surface area contributed by atoms with Crippen molar-refractivity contribution >= 4 is 5.91 Å². The first-order valence-corrected chi connectivity index (χ1v) is 8.78. The van der Waals surface area contributed by atoms with E-state index in [2.05, 4.69) is 25.9 Å². The van der Waals surface area contributed by atoms with Gasteiger partial charge in [0.2, 0.25) is 0 Å². The number of fused-ring (bicyclic) bond motifs is 1. The fraction of sp³-hybridized carbons (Fsp3) is 0.500. The Bertz CT molecular complexity index is 744. The quantitative estimate of drug-likeness (QED) is 0.927. The third kappa shape index (κ3) is 2.80. The van der Waals surface area contributed by atoms with Crippen LogP contribution in [0.1, 0.15) is 78.3 Å². The van der Waals surface area contributed by atoms with Crippen molar-refractivity contribution in [3.8, 4) is 0 Å². The van der Waals surface area contributed by atoms with E-state index in [1.54, 1.807) is 4.68 Å². The normalized spacial score (nSPS) is 20.2. The van der Waals surface area contributed by atoms with Crippen molar-refractivity contribution < 1.29 is 9.90 Å². The van der Waals surface area contributed by atoms with Crippen LogP contribution in [0.2, 0.25) is 0 Å². The molecule has 2 atom stereocenters. The number of carbonyl (C=O) groups is 1. The van der Waals surface area contributed by atoms with Crippen molar-refractivity contribution in [2.75, 3.05) is 0 Å². The van der Waals surface area contributed by atoms with E-state index in [0.29, 0.717) is 29.0 Å². The number of aromatic nitrogens is 2. The molecule has 0 radical (unpaired) electrons. The predicted octanol–water partition coefficient (Wildman–Crippen LogP) is 4.01. The van der Waals surface area contributed by atoms with Gasteiger partial charge in [-0.15, -0.1) is 0 Å². The van der Waals surface area contributed by atoms with E-state index in [9.17, 15) is 9.90 Å². The summed E-state index contributed by atoms with van der Waals surface area (Å²) in [7, 11) is 0. The highest BCUT2D eigenvalue weighted by atomic mass is 16.3. The smallest absolute Gasteiger partial charge is 0.278 e. The molecule has 0 fully saturated rings. The number of hydrogen-bond acceptors (Lipinski definition) is 3. The monoisotopic (exact) mass is 326 g/mol. The minimum absolute atomic E-state index is 0.106. The molecular formula is C20H26N2O2. The lowest BCUT2D eigenvalue weighted by atomic mass is 9.75. The van der Waals surface area contributed by atoms with E-state index in [1.807, 2.05) is 31.2 Å². The van der Waals surface area contributed by atoms with Crippen molar-refractivity contribution in [3.63, 3.8) is 0 Å². The van der Waals surface area contributed by atoms with Gasteiger partial charge in [-0.05, 0) is 43.7 Å². The molecule has 0 amide bonds. The molecular weight excluding hydrogens is 300 g/mol. The predicted molar refractivity (Wildman–Crippen MR) is 94.3 cm³/mol. The second-order valence-corrected chi connectivity index (χ2v) is 7.32. The number of hydrogen-bond donors (Lipinski definition) is 1. The Balaban J connectivity index is 2.14. The average Bonchev–Trinajstić information content (AvgIpc) is 2.95. The highest BCUT2D eigenvalue weighted by Crippen LogP contribution is 2.43. The van der Waals surface area contributed by atoms with Crippen LogP contribution >= 0.6 is 0 Å². The van der Waals surface area contributed by atoms with Crippen LogP contribution in [0.25, 0.3) is 0 Å². The fourth-order valence-corrected chi connectivity index (χ4v) is 3.83. The lowest BCUT2D eigenvalue weighted by Crippen LogP contribution is -2.24. The molecule has 1 N–H and O–H groups in total. The van der Waals surface area contributed by atoms with Crippen molar-refractivity contribution in [2.24, 2.45) is 5.92 Å². The number of rotatable bonds is 3. The van der Waals surface area contributed by atoms with Gasteiger partial charge in [0.25, 0.3) is 5.91 Å².